The number of fused-ring (bicyclic) bond motifs is 4. The van der Waals surface area contributed by atoms with E-state index in [0.29, 0.717) is 0 Å². The summed E-state index contributed by atoms with van der Waals surface area (Å²) in [4.78, 5) is 9.94. The van der Waals surface area contributed by atoms with Crippen molar-refractivity contribution in [1.82, 2.24) is 14.5 Å². The number of furan rings is 1. The van der Waals surface area contributed by atoms with Crippen molar-refractivity contribution >= 4 is 33.0 Å². The van der Waals surface area contributed by atoms with Crippen molar-refractivity contribution in [3.8, 4) is 39.5 Å². The van der Waals surface area contributed by atoms with Crippen LogP contribution in [0.3, 0.4) is 0 Å². The lowest BCUT2D eigenvalue weighted by atomic mass is 9.79. The molecule has 0 atom stereocenters. The molecule has 3 heterocycles. The van der Waals surface area contributed by atoms with Gasteiger partial charge in [0.15, 0.2) is 0 Å². The summed E-state index contributed by atoms with van der Waals surface area (Å²) in [6.45, 7) is 13.0. The van der Waals surface area contributed by atoms with Crippen LogP contribution in [-0.4, -0.2) is 19.6 Å². The van der Waals surface area contributed by atoms with E-state index in [4.69, 9.17) is 9.40 Å². The smallest absolute Gasteiger partial charge is 0.144 e. The van der Waals surface area contributed by atoms with Gasteiger partial charge in [-0.15, -0.1) is 0 Å². The van der Waals surface area contributed by atoms with Gasteiger partial charge in [0.05, 0.1) is 22.3 Å². The van der Waals surface area contributed by atoms with Crippen molar-refractivity contribution in [2.75, 3.05) is 0 Å². The Labute approximate surface area is 257 Å². The first-order chi connectivity index (χ1) is 20.9. The fourth-order valence-electron chi connectivity index (χ4n) is 6.19. The maximum absolute atomic E-state index is 11.7. The Morgan fingerprint density at radius 3 is 2.23 bits per heavy atom. The largest absolute Gasteiger partial charge is 0.507 e. The molecule has 0 saturated heterocycles. The van der Waals surface area contributed by atoms with Crippen LogP contribution in [0.4, 0.5) is 0 Å². The zero-order chi connectivity index (χ0) is 31.0. The third-order valence-corrected chi connectivity index (χ3v) is 8.67. The second kappa shape index (κ2) is 9.81. The van der Waals surface area contributed by atoms with E-state index in [-0.39, 0.29) is 16.6 Å². The maximum atomic E-state index is 11.7. The van der Waals surface area contributed by atoms with Crippen molar-refractivity contribution in [2.45, 2.75) is 52.4 Å². The minimum Gasteiger partial charge on any atom is -0.507 e. The Hall–Kier alpha value is -4.90. The Kier molecular flexibility index (Phi) is 6.22. The predicted octanol–water partition coefficient (Wildman–Crippen LogP) is 10.2. The Morgan fingerprint density at radius 1 is 0.727 bits per heavy atom. The molecule has 0 aliphatic carbocycles. The quantitative estimate of drug-likeness (QED) is 0.226. The molecule has 0 aliphatic heterocycles. The van der Waals surface area contributed by atoms with Crippen LogP contribution in [0, 0.1) is 0 Å². The van der Waals surface area contributed by atoms with E-state index in [2.05, 4.69) is 99.6 Å². The Bertz CT molecular complexity index is 2210. The molecular weight excluding hydrogens is 542 g/mol. The highest BCUT2D eigenvalue weighted by Gasteiger charge is 2.28. The van der Waals surface area contributed by atoms with Crippen LogP contribution in [0.25, 0.3) is 66.7 Å². The molecule has 220 valence electrons. The summed E-state index contributed by atoms with van der Waals surface area (Å²) in [6.07, 6.45) is 1.81. The van der Waals surface area contributed by atoms with Crippen LogP contribution in [0.5, 0.6) is 5.75 Å². The third kappa shape index (κ3) is 4.46. The Morgan fingerprint density at radius 2 is 1.50 bits per heavy atom. The van der Waals surface area contributed by atoms with E-state index < -0.39 is 0 Å². The second-order valence-corrected chi connectivity index (χ2v) is 13.8. The standard InChI is InChI=1S/C39H37N3O2/c1-38(2,3)24-21-29(35(43)30(22-24)39(4,5)6)37-41-34-25(14-12-16-32(34)42(37)7)23-19-27-26-13-8-9-17-33(26)44-36(27)28(20-23)31-15-10-11-18-40-31/h8-22,43H,1-7H3. The molecule has 1 N–H and O–H groups in total. The lowest BCUT2D eigenvalue weighted by molar-refractivity contribution is 0.446. The number of aromatic nitrogens is 3. The molecule has 5 heteroatoms. The van der Waals surface area contributed by atoms with Gasteiger partial charge in [-0.1, -0.05) is 84.0 Å². The summed E-state index contributed by atoms with van der Waals surface area (Å²) in [5.41, 5.74) is 9.87. The summed E-state index contributed by atoms with van der Waals surface area (Å²) in [5.74, 6) is 1.02. The molecule has 0 unspecified atom stereocenters. The second-order valence-electron chi connectivity index (χ2n) is 13.8. The van der Waals surface area contributed by atoms with Gasteiger partial charge in [0, 0.05) is 40.7 Å². The molecule has 5 nitrogen and oxygen atoms in total. The van der Waals surface area contributed by atoms with Gasteiger partial charge in [0.25, 0.3) is 0 Å². The van der Waals surface area contributed by atoms with E-state index >= 15 is 0 Å². The van der Waals surface area contributed by atoms with Gasteiger partial charge in [0.2, 0.25) is 0 Å². The number of hydrogen-bond donors (Lipinski definition) is 1. The van der Waals surface area contributed by atoms with Gasteiger partial charge >= 0.3 is 0 Å². The SMILES string of the molecule is Cn1c(-c2cc(C(C)(C)C)cc(C(C)(C)C)c2O)nc2c(-c3cc(-c4ccccn4)c4oc5ccccc5c4c3)cccc21. The minimum absolute atomic E-state index is 0.0944. The van der Waals surface area contributed by atoms with E-state index in [0.717, 1.165) is 72.3 Å². The normalized spacial score (nSPS) is 12.5. The molecule has 0 amide bonds. The molecule has 4 aromatic carbocycles. The van der Waals surface area contributed by atoms with Crippen molar-refractivity contribution in [2.24, 2.45) is 7.05 Å². The fourth-order valence-corrected chi connectivity index (χ4v) is 6.19. The first kappa shape index (κ1) is 27.9. The number of phenolic OH excluding ortho intramolecular Hbond substituents is 1. The summed E-state index contributed by atoms with van der Waals surface area (Å²) < 4.78 is 8.50. The molecule has 7 aromatic rings. The summed E-state index contributed by atoms with van der Waals surface area (Å²) in [5, 5.41) is 13.8. The molecular formula is C39H37N3O2. The molecule has 3 aromatic heterocycles. The number of benzene rings is 4. The van der Waals surface area contributed by atoms with Gasteiger partial charge in [-0.25, -0.2) is 4.98 Å². The lowest BCUT2D eigenvalue weighted by Gasteiger charge is -2.27. The molecule has 44 heavy (non-hydrogen) atoms. The summed E-state index contributed by atoms with van der Waals surface area (Å²) in [7, 11) is 2.03. The lowest BCUT2D eigenvalue weighted by Crippen LogP contribution is -2.17. The highest BCUT2D eigenvalue weighted by molar-refractivity contribution is 6.12. The summed E-state index contributed by atoms with van der Waals surface area (Å²) in [6, 6.07) is 29.0. The number of imidazole rings is 1. The average Bonchev–Trinajstić information content (AvgIpc) is 3.53. The molecule has 7 rings (SSSR count). The van der Waals surface area contributed by atoms with Crippen LogP contribution in [-0.2, 0) is 17.9 Å². The van der Waals surface area contributed by atoms with Gasteiger partial charge in [-0.3, -0.25) is 4.98 Å². The van der Waals surface area contributed by atoms with Crippen LogP contribution in [0.2, 0.25) is 0 Å². The summed E-state index contributed by atoms with van der Waals surface area (Å²) >= 11 is 0. The van der Waals surface area contributed by atoms with Crippen LogP contribution >= 0.6 is 0 Å². The zero-order valence-corrected chi connectivity index (χ0v) is 26.4. The number of nitrogens with zero attached hydrogens (tertiary/aromatic N) is 3. The predicted molar refractivity (Wildman–Crippen MR) is 181 cm³/mol. The number of para-hydroxylation sites is 2. The van der Waals surface area contributed by atoms with Gasteiger partial charge in [-0.05, 0) is 64.4 Å². The van der Waals surface area contributed by atoms with Crippen LogP contribution < -0.4 is 0 Å². The van der Waals surface area contributed by atoms with E-state index in [9.17, 15) is 5.11 Å². The topological polar surface area (TPSA) is 64.1 Å². The monoisotopic (exact) mass is 579 g/mol. The molecule has 0 bridgehead atoms. The molecule has 0 aliphatic rings. The van der Waals surface area contributed by atoms with Gasteiger partial charge in [0.1, 0.15) is 22.7 Å². The number of phenols is 1. The number of aryl methyl sites for hydroxylation is 1. The molecule has 0 saturated carbocycles. The highest BCUT2D eigenvalue weighted by Crippen LogP contribution is 2.44. The number of aromatic hydroxyl groups is 1. The first-order valence-electron chi connectivity index (χ1n) is 15.1. The molecule has 0 fully saturated rings. The van der Waals surface area contributed by atoms with E-state index in [1.165, 1.54) is 5.56 Å². The first-order valence-corrected chi connectivity index (χ1v) is 15.1. The van der Waals surface area contributed by atoms with Crippen molar-refractivity contribution in [3.63, 3.8) is 0 Å². The zero-order valence-electron chi connectivity index (χ0n) is 26.4. The van der Waals surface area contributed by atoms with Crippen molar-refractivity contribution in [1.29, 1.82) is 0 Å². The molecule has 0 spiro atoms. The third-order valence-electron chi connectivity index (χ3n) is 8.67. The average molecular weight is 580 g/mol. The maximum Gasteiger partial charge on any atom is 0.144 e. The Balaban J connectivity index is 1.51. The van der Waals surface area contributed by atoms with Crippen LogP contribution in [0.15, 0.2) is 95.5 Å². The van der Waals surface area contributed by atoms with E-state index in [1.54, 1.807) is 0 Å². The molecule has 0 radical (unpaired) electrons. The van der Waals surface area contributed by atoms with E-state index in [1.807, 2.05) is 49.6 Å². The van der Waals surface area contributed by atoms with Crippen molar-refractivity contribution < 1.29 is 9.52 Å². The number of hydrogen-bond acceptors (Lipinski definition) is 4. The van der Waals surface area contributed by atoms with Crippen molar-refractivity contribution in [3.05, 3.63) is 102 Å². The minimum atomic E-state index is -0.236. The fraction of sp³-hybridized carbons (Fsp3) is 0.231. The number of rotatable bonds is 3. The highest BCUT2D eigenvalue weighted by atomic mass is 16.3. The van der Waals surface area contributed by atoms with Gasteiger partial charge < -0.3 is 14.1 Å². The van der Waals surface area contributed by atoms with Gasteiger partial charge in [-0.2, -0.15) is 0 Å². The number of pyridine rings is 1. The van der Waals surface area contributed by atoms with Crippen LogP contribution in [0.1, 0.15) is 52.7 Å².